The van der Waals surface area contributed by atoms with Crippen molar-refractivity contribution in [3.05, 3.63) is 90.4 Å². The van der Waals surface area contributed by atoms with Gasteiger partial charge in [-0.3, -0.25) is 0 Å². The zero-order chi connectivity index (χ0) is 21.1. The van der Waals surface area contributed by atoms with E-state index < -0.39 is 0 Å². The fourth-order valence-corrected chi connectivity index (χ4v) is 3.40. The number of halogens is 1. The Balaban J connectivity index is 1.65. The van der Waals surface area contributed by atoms with E-state index in [1.54, 1.807) is 12.1 Å². The maximum atomic E-state index is 13.3. The lowest BCUT2D eigenvalue weighted by Gasteiger charge is -2.14. The SMILES string of the molecule is C=C(NCc1ccc(NC)cc1)c1cc(NC)cc2c1cnn2-c1ccc(F)cc1. The smallest absolute Gasteiger partial charge is 0.123 e. The molecule has 0 saturated carbocycles. The van der Waals surface area contributed by atoms with E-state index in [-0.39, 0.29) is 5.82 Å². The number of nitrogens with one attached hydrogen (secondary N) is 3. The Morgan fingerprint density at radius 3 is 2.33 bits per heavy atom. The van der Waals surface area contributed by atoms with Gasteiger partial charge in [0.25, 0.3) is 0 Å². The van der Waals surface area contributed by atoms with Crippen LogP contribution in [0.2, 0.25) is 0 Å². The molecule has 3 aromatic carbocycles. The van der Waals surface area contributed by atoms with Gasteiger partial charge in [-0.15, -0.1) is 0 Å². The Hall–Kier alpha value is -3.80. The average molecular weight is 401 g/mol. The average Bonchev–Trinajstić information content (AvgIpc) is 3.21. The molecule has 152 valence electrons. The van der Waals surface area contributed by atoms with Crippen molar-refractivity contribution in [1.29, 1.82) is 0 Å². The summed E-state index contributed by atoms with van der Waals surface area (Å²) in [7, 11) is 3.78. The third-order valence-corrected chi connectivity index (χ3v) is 5.12. The lowest BCUT2D eigenvalue weighted by atomic mass is 10.1. The van der Waals surface area contributed by atoms with Gasteiger partial charge in [0.2, 0.25) is 0 Å². The first-order chi connectivity index (χ1) is 14.6. The van der Waals surface area contributed by atoms with Crippen molar-refractivity contribution in [2.45, 2.75) is 6.54 Å². The number of hydrogen-bond acceptors (Lipinski definition) is 4. The van der Waals surface area contributed by atoms with Gasteiger partial charge in [0.15, 0.2) is 0 Å². The molecule has 30 heavy (non-hydrogen) atoms. The molecule has 0 bridgehead atoms. The number of rotatable bonds is 7. The number of benzene rings is 3. The molecule has 4 rings (SSSR count). The van der Waals surface area contributed by atoms with Crippen LogP contribution in [0.5, 0.6) is 0 Å². The van der Waals surface area contributed by atoms with E-state index in [4.69, 9.17) is 0 Å². The summed E-state index contributed by atoms with van der Waals surface area (Å²) in [6.45, 7) is 4.92. The lowest BCUT2D eigenvalue weighted by Crippen LogP contribution is -2.11. The predicted molar refractivity (Wildman–Crippen MR) is 122 cm³/mol. The molecular weight excluding hydrogens is 377 g/mol. The highest BCUT2D eigenvalue weighted by Gasteiger charge is 2.13. The van der Waals surface area contributed by atoms with Gasteiger partial charge in [0, 0.05) is 48.7 Å². The fourth-order valence-electron chi connectivity index (χ4n) is 3.40. The number of anilines is 2. The van der Waals surface area contributed by atoms with E-state index in [2.05, 4.69) is 45.8 Å². The molecule has 6 heteroatoms. The van der Waals surface area contributed by atoms with E-state index in [0.717, 1.165) is 44.8 Å². The van der Waals surface area contributed by atoms with Crippen molar-refractivity contribution >= 4 is 28.0 Å². The van der Waals surface area contributed by atoms with E-state index in [1.165, 1.54) is 12.1 Å². The van der Waals surface area contributed by atoms with E-state index in [9.17, 15) is 4.39 Å². The maximum Gasteiger partial charge on any atom is 0.123 e. The highest BCUT2D eigenvalue weighted by molar-refractivity contribution is 5.94. The summed E-state index contributed by atoms with van der Waals surface area (Å²) in [5.74, 6) is -0.271. The van der Waals surface area contributed by atoms with Crippen molar-refractivity contribution in [2.75, 3.05) is 24.7 Å². The summed E-state index contributed by atoms with van der Waals surface area (Å²) in [5.41, 5.74) is 6.69. The van der Waals surface area contributed by atoms with Gasteiger partial charge in [-0.05, 0) is 54.1 Å². The van der Waals surface area contributed by atoms with Crippen LogP contribution >= 0.6 is 0 Å². The first kappa shape index (κ1) is 19.5. The zero-order valence-electron chi connectivity index (χ0n) is 17.0. The minimum absolute atomic E-state index is 0.271. The lowest BCUT2D eigenvalue weighted by molar-refractivity contribution is 0.627. The minimum atomic E-state index is -0.271. The second-order valence-electron chi connectivity index (χ2n) is 7.02. The van der Waals surface area contributed by atoms with Crippen LogP contribution in [-0.4, -0.2) is 23.9 Å². The summed E-state index contributed by atoms with van der Waals surface area (Å²) < 4.78 is 15.1. The first-order valence-corrected chi connectivity index (χ1v) is 9.74. The minimum Gasteiger partial charge on any atom is -0.388 e. The molecule has 0 atom stereocenters. The predicted octanol–water partition coefficient (Wildman–Crippen LogP) is 5.01. The van der Waals surface area contributed by atoms with Gasteiger partial charge < -0.3 is 16.0 Å². The largest absolute Gasteiger partial charge is 0.388 e. The topological polar surface area (TPSA) is 53.9 Å². The summed E-state index contributed by atoms with van der Waals surface area (Å²) >= 11 is 0. The molecule has 0 aliphatic rings. The molecule has 3 N–H and O–H groups in total. The van der Waals surface area contributed by atoms with Gasteiger partial charge in [-0.1, -0.05) is 18.7 Å². The Morgan fingerprint density at radius 2 is 1.67 bits per heavy atom. The molecule has 0 saturated heterocycles. The van der Waals surface area contributed by atoms with Crippen LogP contribution in [0.4, 0.5) is 15.8 Å². The highest BCUT2D eigenvalue weighted by atomic mass is 19.1. The summed E-state index contributed by atoms with van der Waals surface area (Å²) in [6.07, 6.45) is 1.82. The van der Waals surface area contributed by atoms with Crippen molar-refractivity contribution in [2.24, 2.45) is 0 Å². The molecule has 1 aromatic heterocycles. The molecular formula is C24H24FN5. The Labute approximate surface area is 175 Å². The highest BCUT2D eigenvalue weighted by Crippen LogP contribution is 2.29. The molecule has 0 amide bonds. The molecule has 0 fully saturated rings. The number of aromatic nitrogens is 2. The van der Waals surface area contributed by atoms with Crippen LogP contribution in [0.1, 0.15) is 11.1 Å². The van der Waals surface area contributed by atoms with Crippen molar-refractivity contribution < 1.29 is 4.39 Å². The van der Waals surface area contributed by atoms with Crippen molar-refractivity contribution in [3.8, 4) is 5.69 Å². The molecule has 0 aliphatic carbocycles. The Bertz CT molecular complexity index is 1180. The number of fused-ring (bicyclic) bond motifs is 1. The van der Waals surface area contributed by atoms with E-state index in [1.807, 2.05) is 43.2 Å². The zero-order valence-corrected chi connectivity index (χ0v) is 17.0. The van der Waals surface area contributed by atoms with Gasteiger partial charge in [0.05, 0.1) is 17.4 Å². The van der Waals surface area contributed by atoms with E-state index >= 15 is 0 Å². The quantitative estimate of drug-likeness (QED) is 0.408. The molecule has 0 aliphatic heterocycles. The second-order valence-corrected chi connectivity index (χ2v) is 7.02. The Morgan fingerprint density at radius 1 is 0.967 bits per heavy atom. The molecule has 1 heterocycles. The van der Waals surface area contributed by atoms with Gasteiger partial charge in [-0.2, -0.15) is 5.10 Å². The summed E-state index contributed by atoms with van der Waals surface area (Å²) in [4.78, 5) is 0. The molecule has 0 spiro atoms. The molecule has 0 radical (unpaired) electrons. The van der Waals surface area contributed by atoms with Gasteiger partial charge >= 0.3 is 0 Å². The fraction of sp³-hybridized carbons (Fsp3) is 0.125. The summed E-state index contributed by atoms with van der Waals surface area (Å²) in [6, 6.07) is 18.6. The van der Waals surface area contributed by atoms with E-state index in [0.29, 0.717) is 6.54 Å². The van der Waals surface area contributed by atoms with Gasteiger partial charge in [-0.25, -0.2) is 9.07 Å². The van der Waals surface area contributed by atoms with Crippen LogP contribution < -0.4 is 16.0 Å². The first-order valence-electron chi connectivity index (χ1n) is 9.74. The molecule has 0 unspecified atom stereocenters. The standard InChI is InChI=1S/C24H24FN5/c1-16(28-14-17-4-8-19(26-2)9-5-17)22-12-20(27-3)13-24-23(22)15-29-30(24)21-10-6-18(25)7-11-21/h4-13,15,26-28H,1,14H2,2-3H3. The third kappa shape index (κ3) is 3.85. The third-order valence-electron chi connectivity index (χ3n) is 5.12. The Kier molecular flexibility index (Phi) is 5.39. The van der Waals surface area contributed by atoms with Crippen LogP contribution in [-0.2, 0) is 6.54 Å². The number of hydrogen-bond donors (Lipinski definition) is 3. The molecule has 5 nitrogen and oxygen atoms in total. The van der Waals surface area contributed by atoms with Crippen LogP contribution in [0, 0.1) is 5.82 Å². The second kappa shape index (κ2) is 8.29. The van der Waals surface area contributed by atoms with Crippen LogP contribution in [0.15, 0.2) is 73.4 Å². The van der Waals surface area contributed by atoms with Gasteiger partial charge in [0.1, 0.15) is 5.82 Å². The maximum absolute atomic E-state index is 13.3. The van der Waals surface area contributed by atoms with Crippen LogP contribution in [0.25, 0.3) is 22.3 Å². The van der Waals surface area contributed by atoms with Crippen molar-refractivity contribution in [3.63, 3.8) is 0 Å². The van der Waals surface area contributed by atoms with Crippen molar-refractivity contribution in [1.82, 2.24) is 15.1 Å². The normalized spacial score (nSPS) is 10.8. The summed E-state index contributed by atoms with van der Waals surface area (Å²) in [5, 5.41) is 15.3. The molecule has 4 aromatic rings. The van der Waals surface area contributed by atoms with Crippen LogP contribution in [0.3, 0.4) is 0 Å². The number of nitrogens with zero attached hydrogens (tertiary/aromatic N) is 2. The monoisotopic (exact) mass is 401 g/mol.